The van der Waals surface area contributed by atoms with Crippen LogP contribution in [-0.2, 0) is 38.1 Å². The number of rotatable bonds is 8. The van der Waals surface area contributed by atoms with Crippen LogP contribution in [0.3, 0.4) is 0 Å². The van der Waals surface area contributed by atoms with Gasteiger partial charge in [-0.3, -0.25) is 24.1 Å². The largest absolute Gasteiger partial charge is 0.455 e. The maximum Gasteiger partial charge on any atom is 0.313 e. The first-order valence-corrected chi connectivity index (χ1v) is 16.9. The Bertz CT molecular complexity index is 1400. The van der Waals surface area contributed by atoms with E-state index in [4.69, 9.17) is 18.9 Å². The number of cyclic esters (lactones) is 1. The maximum atomic E-state index is 14.7. The number of morpholine rings is 1. The third-order valence-corrected chi connectivity index (χ3v) is 10.1. The lowest BCUT2D eigenvalue weighted by atomic mass is 9.74. The lowest BCUT2D eigenvalue weighted by Crippen LogP contribution is -2.58. The Morgan fingerprint density at radius 2 is 1.83 bits per heavy atom. The van der Waals surface area contributed by atoms with Gasteiger partial charge in [0.25, 0.3) is 0 Å². The van der Waals surface area contributed by atoms with Crippen molar-refractivity contribution in [1.29, 1.82) is 0 Å². The third kappa shape index (κ3) is 6.53. The predicted octanol–water partition coefficient (Wildman–Crippen LogP) is 0.444. The molecule has 260 valence electrons. The fourth-order valence-corrected chi connectivity index (χ4v) is 7.70. The Morgan fingerprint density at radius 1 is 1.06 bits per heavy atom. The molecular weight excluding hydrogens is 620 g/mol. The SMILES string of the molecule is COC[C@@H]1NC(=O)CC/C=C\CN(CCN2CCOCC2)C(=O)[C@H]2N([C@H](C)CO)C(=O)[C@@H]3[C@@H](C(=O)O[C@H]1c1ccccc1)[C@H]1C=C[C@]32O1. The lowest BCUT2D eigenvalue weighted by Gasteiger charge is -2.38. The van der Waals surface area contributed by atoms with Crippen LogP contribution in [-0.4, -0.2) is 140 Å². The van der Waals surface area contributed by atoms with Gasteiger partial charge in [0.05, 0.1) is 50.5 Å². The molecule has 3 amide bonds. The molecule has 13 heteroatoms. The first-order chi connectivity index (χ1) is 23.3. The third-order valence-electron chi connectivity index (χ3n) is 10.1. The van der Waals surface area contributed by atoms with Crippen LogP contribution in [0.15, 0.2) is 54.6 Å². The summed E-state index contributed by atoms with van der Waals surface area (Å²) in [5.74, 6) is -3.76. The van der Waals surface area contributed by atoms with Crippen molar-refractivity contribution >= 4 is 23.7 Å². The topological polar surface area (TPSA) is 147 Å². The van der Waals surface area contributed by atoms with Gasteiger partial charge in [-0.2, -0.15) is 0 Å². The molecule has 5 aliphatic heterocycles. The van der Waals surface area contributed by atoms with E-state index in [0.29, 0.717) is 38.3 Å². The molecule has 5 heterocycles. The molecule has 0 unspecified atom stereocenters. The van der Waals surface area contributed by atoms with Crippen molar-refractivity contribution in [3.8, 4) is 0 Å². The van der Waals surface area contributed by atoms with Crippen molar-refractivity contribution < 1.29 is 43.2 Å². The minimum absolute atomic E-state index is 0.0711. The van der Waals surface area contributed by atoms with E-state index in [0.717, 1.165) is 13.1 Å². The lowest BCUT2D eigenvalue weighted by molar-refractivity contribution is -0.162. The summed E-state index contributed by atoms with van der Waals surface area (Å²) in [4.78, 5) is 61.9. The summed E-state index contributed by atoms with van der Waals surface area (Å²) in [7, 11) is 1.51. The molecule has 1 aromatic rings. The first kappa shape index (κ1) is 34.3. The molecule has 8 atom stereocenters. The summed E-state index contributed by atoms with van der Waals surface area (Å²) in [6, 6.07) is 6.57. The summed E-state index contributed by atoms with van der Waals surface area (Å²) < 4.78 is 23.7. The standard InChI is InChI=1S/C35H46N4O9/c1-23(21-40)39-31-33(43)38(16-15-37-17-19-46-20-18-37)14-8-4-7-11-27(41)36-25(22-45-2)30(24-9-5-3-6-10-24)47-34(44)28-26-12-13-35(31,48-26)29(28)32(39)42/h3-6,8-10,12-13,23,25-26,28-31,40H,7,11,14-22H2,1-2H3,(H,36,41)/b8-4-/t23-,25+,26-,28+,29+,30+,31-,35+/m1/s1. The van der Waals surface area contributed by atoms with Crippen LogP contribution < -0.4 is 5.32 Å². The number of hydrogen-bond acceptors (Lipinski definition) is 10. The molecule has 5 aliphatic rings. The molecule has 13 nitrogen and oxygen atoms in total. The van der Waals surface area contributed by atoms with Gasteiger partial charge in [0.2, 0.25) is 17.7 Å². The number of likely N-dealkylation sites (tertiary alicyclic amines) is 1. The van der Waals surface area contributed by atoms with Gasteiger partial charge in [-0.25, -0.2) is 0 Å². The fourth-order valence-electron chi connectivity index (χ4n) is 7.70. The molecule has 0 saturated carbocycles. The van der Waals surface area contributed by atoms with Gasteiger partial charge >= 0.3 is 5.97 Å². The van der Waals surface area contributed by atoms with Crippen LogP contribution >= 0.6 is 0 Å². The van der Waals surface area contributed by atoms with Gasteiger partial charge in [-0.15, -0.1) is 0 Å². The van der Waals surface area contributed by atoms with E-state index in [1.54, 1.807) is 24.0 Å². The number of fused-ring (bicyclic) bond motifs is 2. The normalized spacial score (nSPS) is 34.2. The van der Waals surface area contributed by atoms with E-state index in [2.05, 4.69) is 10.2 Å². The van der Waals surface area contributed by atoms with Crippen molar-refractivity contribution in [3.63, 3.8) is 0 Å². The van der Waals surface area contributed by atoms with Crippen LogP contribution in [0.5, 0.6) is 0 Å². The van der Waals surface area contributed by atoms with Gasteiger partial charge in [-0.05, 0) is 18.9 Å². The van der Waals surface area contributed by atoms with Gasteiger partial charge in [0, 0.05) is 46.3 Å². The van der Waals surface area contributed by atoms with Crippen molar-refractivity contribution in [2.75, 3.05) is 66.3 Å². The van der Waals surface area contributed by atoms with E-state index in [9.17, 15) is 24.3 Å². The Kier molecular flexibility index (Phi) is 10.6. The number of methoxy groups -OCH3 is 1. The number of amides is 3. The van der Waals surface area contributed by atoms with Gasteiger partial charge in [0.1, 0.15) is 23.7 Å². The highest BCUT2D eigenvalue weighted by Gasteiger charge is 2.74. The number of aliphatic hydroxyl groups excluding tert-OH is 1. The number of aliphatic hydroxyl groups is 1. The minimum atomic E-state index is -1.41. The summed E-state index contributed by atoms with van der Waals surface area (Å²) in [6.07, 6.45) is 6.11. The number of nitrogens with one attached hydrogen (secondary N) is 1. The molecule has 2 N–H and O–H groups in total. The van der Waals surface area contributed by atoms with E-state index in [1.165, 1.54) is 12.0 Å². The summed E-state index contributed by atoms with van der Waals surface area (Å²) in [5.41, 5.74) is -0.763. The maximum absolute atomic E-state index is 14.7. The fraction of sp³-hybridized carbons (Fsp3) is 0.600. The molecule has 3 fully saturated rings. The molecular formula is C35H46N4O9. The zero-order valence-electron chi connectivity index (χ0n) is 27.6. The number of carbonyl (C=O) groups excluding carboxylic acids is 4. The zero-order valence-corrected chi connectivity index (χ0v) is 27.6. The van der Waals surface area contributed by atoms with E-state index in [1.807, 2.05) is 42.5 Å². The van der Waals surface area contributed by atoms with Crippen molar-refractivity contribution in [1.82, 2.24) is 20.0 Å². The van der Waals surface area contributed by atoms with E-state index < -0.39 is 59.6 Å². The van der Waals surface area contributed by atoms with Crippen LogP contribution in [0.25, 0.3) is 0 Å². The average Bonchev–Trinajstić information content (AvgIpc) is 3.75. The molecule has 3 saturated heterocycles. The highest BCUT2D eigenvalue weighted by molar-refractivity contribution is 5.99. The van der Waals surface area contributed by atoms with Crippen molar-refractivity contribution in [2.45, 2.75) is 55.7 Å². The van der Waals surface area contributed by atoms with Crippen LogP contribution in [0.1, 0.15) is 31.4 Å². The number of esters is 1. The molecule has 0 aromatic heterocycles. The monoisotopic (exact) mass is 666 g/mol. The van der Waals surface area contributed by atoms with Crippen molar-refractivity contribution in [3.05, 3.63) is 60.2 Å². The number of hydrogen-bond donors (Lipinski definition) is 2. The van der Waals surface area contributed by atoms with E-state index >= 15 is 0 Å². The molecule has 1 spiro atoms. The van der Waals surface area contributed by atoms with Crippen molar-refractivity contribution in [2.24, 2.45) is 11.8 Å². The number of benzene rings is 1. The number of allylic oxidation sites excluding steroid dienone is 1. The number of nitrogens with zero attached hydrogens (tertiary/aromatic N) is 3. The molecule has 48 heavy (non-hydrogen) atoms. The minimum Gasteiger partial charge on any atom is -0.455 e. The number of carbonyl (C=O) groups is 4. The van der Waals surface area contributed by atoms with Crippen LogP contribution in [0.4, 0.5) is 0 Å². The number of ether oxygens (including phenoxy) is 4. The Balaban J connectivity index is 1.39. The van der Waals surface area contributed by atoms with Gasteiger partial charge in [-0.1, -0.05) is 54.6 Å². The molecule has 1 aromatic carbocycles. The second-order valence-corrected chi connectivity index (χ2v) is 13.1. The second kappa shape index (κ2) is 14.9. The first-order valence-electron chi connectivity index (χ1n) is 16.9. The summed E-state index contributed by atoms with van der Waals surface area (Å²) in [6.45, 7) is 5.36. The molecule has 5 bridgehead atoms. The smallest absolute Gasteiger partial charge is 0.313 e. The average molecular weight is 667 g/mol. The highest BCUT2D eigenvalue weighted by atomic mass is 16.6. The summed E-state index contributed by atoms with van der Waals surface area (Å²) in [5, 5.41) is 13.3. The molecule has 0 aliphatic carbocycles. The second-order valence-electron chi connectivity index (χ2n) is 13.1. The van der Waals surface area contributed by atoms with Crippen LogP contribution in [0.2, 0.25) is 0 Å². The molecule has 0 radical (unpaired) electrons. The van der Waals surface area contributed by atoms with Gasteiger partial charge in [0.15, 0.2) is 0 Å². The van der Waals surface area contributed by atoms with Crippen LogP contribution in [0, 0.1) is 11.8 Å². The highest BCUT2D eigenvalue weighted by Crippen LogP contribution is 2.56. The molecule has 6 rings (SSSR count). The van der Waals surface area contributed by atoms with Gasteiger partial charge < -0.3 is 39.2 Å². The quantitative estimate of drug-likeness (QED) is 0.296. The Labute approximate surface area is 280 Å². The Morgan fingerprint density at radius 3 is 2.56 bits per heavy atom. The predicted molar refractivity (Wildman–Crippen MR) is 172 cm³/mol. The Hall–Kier alpha value is -3.62. The van der Waals surface area contributed by atoms with E-state index in [-0.39, 0.29) is 38.0 Å². The summed E-state index contributed by atoms with van der Waals surface area (Å²) >= 11 is 0. The zero-order chi connectivity index (χ0) is 33.8.